The van der Waals surface area contributed by atoms with Crippen LogP contribution in [0.2, 0.25) is 0 Å². The zero-order valence-corrected chi connectivity index (χ0v) is 15.0. The fraction of sp³-hybridized carbons (Fsp3) is 0.278. The van der Waals surface area contributed by atoms with Crippen molar-refractivity contribution in [3.63, 3.8) is 0 Å². The molecule has 8 heteroatoms. The van der Waals surface area contributed by atoms with Gasteiger partial charge >= 0.3 is 0 Å². The van der Waals surface area contributed by atoms with Crippen molar-refractivity contribution in [1.82, 2.24) is 9.66 Å². The average molecular weight is 368 g/mol. The molecule has 0 radical (unpaired) electrons. The Kier molecular flexibility index (Phi) is 4.12. The minimum absolute atomic E-state index is 0.0171. The van der Waals surface area contributed by atoms with Crippen molar-refractivity contribution in [2.75, 3.05) is 0 Å². The van der Waals surface area contributed by atoms with Crippen LogP contribution in [0.5, 0.6) is 0 Å². The van der Waals surface area contributed by atoms with E-state index in [4.69, 9.17) is 0 Å². The Morgan fingerprint density at radius 1 is 1.27 bits per heavy atom. The molecule has 0 aliphatic heterocycles. The van der Waals surface area contributed by atoms with Crippen LogP contribution in [0, 0.1) is 17.0 Å². The second kappa shape index (κ2) is 6.45. The van der Waals surface area contributed by atoms with Crippen LogP contribution in [-0.4, -0.2) is 20.8 Å². The summed E-state index contributed by atoms with van der Waals surface area (Å²) in [5, 5.41) is 15.7. The summed E-state index contributed by atoms with van der Waals surface area (Å²) in [6, 6.07) is 6.02. The van der Waals surface area contributed by atoms with Crippen molar-refractivity contribution in [3.8, 4) is 0 Å². The first kappa shape index (κ1) is 16.6. The molecule has 132 valence electrons. The molecule has 1 aliphatic rings. The lowest BCUT2D eigenvalue weighted by Gasteiger charge is -2.10. The highest BCUT2D eigenvalue weighted by molar-refractivity contribution is 7.18. The number of hydrogen-bond acceptors (Lipinski definition) is 6. The van der Waals surface area contributed by atoms with Crippen molar-refractivity contribution < 1.29 is 4.92 Å². The van der Waals surface area contributed by atoms with Crippen LogP contribution in [0.15, 0.2) is 34.2 Å². The zero-order valence-electron chi connectivity index (χ0n) is 14.1. The highest BCUT2D eigenvalue weighted by atomic mass is 32.1. The van der Waals surface area contributed by atoms with Crippen LogP contribution >= 0.6 is 11.3 Å². The minimum Gasteiger partial charge on any atom is -0.267 e. The van der Waals surface area contributed by atoms with E-state index in [1.807, 2.05) is 0 Å². The molecule has 0 saturated heterocycles. The van der Waals surface area contributed by atoms with Gasteiger partial charge in [0.25, 0.3) is 11.2 Å². The first-order valence-corrected chi connectivity index (χ1v) is 9.19. The van der Waals surface area contributed by atoms with Crippen molar-refractivity contribution >= 4 is 33.5 Å². The molecule has 2 aromatic heterocycles. The first-order chi connectivity index (χ1) is 12.5. The summed E-state index contributed by atoms with van der Waals surface area (Å²) in [6.45, 7) is 1.76. The molecular weight excluding hydrogens is 352 g/mol. The van der Waals surface area contributed by atoms with Gasteiger partial charge in [-0.05, 0) is 55.9 Å². The van der Waals surface area contributed by atoms with Crippen LogP contribution in [-0.2, 0) is 12.8 Å². The Labute approximate surface area is 152 Å². The number of aryl methyl sites for hydroxylation is 3. The van der Waals surface area contributed by atoms with Gasteiger partial charge in [0.1, 0.15) is 10.7 Å². The lowest BCUT2D eigenvalue weighted by Crippen LogP contribution is -2.21. The van der Waals surface area contributed by atoms with Crippen LogP contribution in [0.25, 0.3) is 10.2 Å². The molecule has 0 amide bonds. The number of benzene rings is 1. The smallest absolute Gasteiger partial charge is 0.267 e. The number of nitro groups is 1. The topological polar surface area (TPSA) is 90.4 Å². The first-order valence-electron chi connectivity index (χ1n) is 8.37. The predicted molar refractivity (Wildman–Crippen MR) is 101 cm³/mol. The number of thiophene rings is 1. The monoisotopic (exact) mass is 368 g/mol. The molecule has 26 heavy (non-hydrogen) atoms. The summed E-state index contributed by atoms with van der Waals surface area (Å²) in [7, 11) is 0. The quantitative estimate of drug-likeness (QED) is 0.402. The van der Waals surface area contributed by atoms with Crippen molar-refractivity contribution in [2.45, 2.75) is 32.6 Å². The van der Waals surface area contributed by atoms with Gasteiger partial charge in [0.2, 0.25) is 0 Å². The maximum absolute atomic E-state index is 13.0. The summed E-state index contributed by atoms with van der Waals surface area (Å²) < 4.78 is 1.31. The fourth-order valence-corrected chi connectivity index (χ4v) is 4.54. The standard InChI is InChI=1S/C18H16N4O3S/c1-11-20-17-16(14-4-2-3-5-15(14)26-17)18(23)21(11)19-10-12-6-8-13(9-7-12)22(24)25/h6-10H,2-5H2,1H3/b19-10-. The van der Waals surface area contributed by atoms with Crippen LogP contribution in [0.3, 0.4) is 0 Å². The Balaban J connectivity index is 1.76. The van der Waals surface area contributed by atoms with E-state index >= 15 is 0 Å². The number of hydrogen-bond donors (Lipinski definition) is 0. The largest absolute Gasteiger partial charge is 0.283 e. The predicted octanol–water partition coefficient (Wildman–Crippen LogP) is 3.44. The number of non-ortho nitro benzene ring substituents is 1. The van der Waals surface area contributed by atoms with Gasteiger partial charge in [-0.2, -0.15) is 9.78 Å². The van der Waals surface area contributed by atoms with Crippen molar-refractivity contribution in [3.05, 3.63) is 66.6 Å². The van der Waals surface area contributed by atoms with E-state index in [1.165, 1.54) is 27.9 Å². The molecule has 0 fully saturated rings. The fourth-order valence-electron chi connectivity index (χ4n) is 3.24. The molecule has 0 spiro atoms. The zero-order chi connectivity index (χ0) is 18.3. The molecule has 2 heterocycles. The third kappa shape index (κ3) is 2.82. The molecule has 1 aromatic carbocycles. The van der Waals surface area contributed by atoms with Gasteiger partial charge in [-0.1, -0.05) is 0 Å². The lowest BCUT2D eigenvalue weighted by molar-refractivity contribution is -0.384. The third-order valence-corrected chi connectivity index (χ3v) is 5.74. The number of nitro benzene ring substituents is 1. The molecule has 0 atom stereocenters. The van der Waals surface area contributed by atoms with E-state index in [0.717, 1.165) is 36.1 Å². The molecule has 0 N–H and O–H groups in total. The molecule has 0 saturated carbocycles. The van der Waals surface area contributed by atoms with E-state index in [2.05, 4.69) is 10.1 Å². The molecule has 3 aromatic rings. The summed E-state index contributed by atoms with van der Waals surface area (Å²) in [6.07, 6.45) is 5.70. The number of nitrogens with zero attached hydrogens (tertiary/aromatic N) is 4. The van der Waals surface area contributed by atoms with E-state index in [1.54, 1.807) is 30.4 Å². The maximum atomic E-state index is 13.0. The summed E-state index contributed by atoms with van der Waals surface area (Å²) in [5.41, 5.74) is 1.68. The second-order valence-electron chi connectivity index (χ2n) is 6.26. The molecular formula is C18H16N4O3S. The molecule has 0 unspecified atom stereocenters. The van der Waals surface area contributed by atoms with Gasteiger partial charge in [-0.3, -0.25) is 14.9 Å². The van der Waals surface area contributed by atoms with Crippen molar-refractivity contribution in [2.24, 2.45) is 5.10 Å². The Morgan fingerprint density at radius 3 is 2.73 bits per heavy atom. The highest BCUT2D eigenvalue weighted by Crippen LogP contribution is 2.33. The molecule has 4 rings (SSSR count). The summed E-state index contributed by atoms with van der Waals surface area (Å²) in [4.78, 5) is 29.9. The molecule has 0 bridgehead atoms. The molecule has 1 aliphatic carbocycles. The number of aromatic nitrogens is 2. The van der Waals surface area contributed by atoms with Crippen LogP contribution in [0.1, 0.15) is 34.7 Å². The number of fused-ring (bicyclic) bond motifs is 3. The minimum atomic E-state index is -0.451. The number of rotatable bonds is 3. The van der Waals surface area contributed by atoms with Gasteiger partial charge in [-0.25, -0.2) is 4.98 Å². The van der Waals surface area contributed by atoms with E-state index in [0.29, 0.717) is 16.8 Å². The Hall–Kier alpha value is -2.87. The van der Waals surface area contributed by atoms with Crippen LogP contribution < -0.4 is 5.56 Å². The SMILES string of the molecule is Cc1nc2sc3c(c2c(=O)n1/N=C\c1ccc([N+](=O)[O-])cc1)CCCC3. The van der Waals surface area contributed by atoms with Crippen molar-refractivity contribution in [1.29, 1.82) is 0 Å². The molecule has 7 nitrogen and oxygen atoms in total. The summed E-state index contributed by atoms with van der Waals surface area (Å²) >= 11 is 1.62. The van der Waals surface area contributed by atoms with Crippen LogP contribution in [0.4, 0.5) is 5.69 Å². The maximum Gasteiger partial charge on any atom is 0.283 e. The van der Waals surface area contributed by atoms with E-state index in [9.17, 15) is 14.9 Å². The Morgan fingerprint density at radius 2 is 2.00 bits per heavy atom. The van der Waals surface area contributed by atoms with Gasteiger partial charge in [0.05, 0.1) is 16.5 Å². The van der Waals surface area contributed by atoms with Gasteiger partial charge in [0.15, 0.2) is 0 Å². The third-order valence-electron chi connectivity index (χ3n) is 4.56. The lowest BCUT2D eigenvalue weighted by atomic mass is 9.97. The van der Waals surface area contributed by atoms with E-state index < -0.39 is 4.92 Å². The Bertz CT molecular complexity index is 1100. The normalized spacial score (nSPS) is 14.0. The average Bonchev–Trinajstić information content (AvgIpc) is 3.00. The second-order valence-corrected chi connectivity index (χ2v) is 7.34. The summed E-state index contributed by atoms with van der Waals surface area (Å²) in [5.74, 6) is 0.527. The van der Waals surface area contributed by atoms with Gasteiger partial charge in [0, 0.05) is 17.0 Å². The highest BCUT2D eigenvalue weighted by Gasteiger charge is 2.21. The van der Waals surface area contributed by atoms with Gasteiger partial charge in [-0.15, -0.1) is 11.3 Å². The van der Waals surface area contributed by atoms with E-state index in [-0.39, 0.29) is 11.2 Å². The van der Waals surface area contributed by atoms with Gasteiger partial charge < -0.3 is 0 Å².